The molecule has 3 aromatic rings. The molecule has 0 unspecified atom stereocenters. The number of aryl methyl sites for hydroxylation is 2. The lowest BCUT2D eigenvalue weighted by molar-refractivity contribution is 0.566. The molecule has 0 aliphatic carbocycles. The zero-order chi connectivity index (χ0) is 17.8. The van der Waals surface area contributed by atoms with Crippen molar-refractivity contribution in [3.63, 3.8) is 0 Å². The van der Waals surface area contributed by atoms with E-state index < -0.39 is 0 Å². The topological polar surface area (TPSA) is 43.6 Å². The quantitative estimate of drug-likeness (QED) is 0.469. The second-order valence-electron chi connectivity index (χ2n) is 6.24. The van der Waals surface area contributed by atoms with Crippen LogP contribution in [0.2, 0.25) is 10.0 Å². The Morgan fingerprint density at radius 2 is 1.84 bits per heavy atom. The van der Waals surface area contributed by atoms with Crippen LogP contribution in [0.4, 0.5) is 0 Å². The Morgan fingerprint density at radius 3 is 2.60 bits per heavy atom. The van der Waals surface area contributed by atoms with Crippen LogP contribution in [0.15, 0.2) is 24.5 Å². The fourth-order valence-corrected chi connectivity index (χ4v) is 3.56. The lowest BCUT2D eigenvalue weighted by Crippen LogP contribution is -2.02. The second-order valence-corrected chi connectivity index (χ2v) is 7.09. The maximum Gasteiger partial charge on any atom is 0.164 e. The van der Waals surface area contributed by atoms with Gasteiger partial charge in [-0.05, 0) is 31.5 Å². The molecule has 0 atom stereocenters. The summed E-state index contributed by atoms with van der Waals surface area (Å²) in [6.07, 6.45) is 7.78. The van der Waals surface area contributed by atoms with Crippen molar-refractivity contribution in [3.8, 4) is 11.3 Å². The van der Waals surface area contributed by atoms with Gasteiger partial charge in [0.25, 0.3) is 0 Å². The molecule has 0 spiro atoms. The predicted octanol–water partition coefficient (Wildman–Crippen LogP) is 6.08. The molecule has 0 N–H and O–H groups in total. The van der Waals surface area contributed by atoms with Crippen LogP contribution >= 0.6 is 23.2 Å². The third-order valence-electron chi connectivity index (χ3n) is 4.39. The Kier molecular flexibility index (Phi) is 5.92. The van der Waals surface area contributed by atoms with Crippen molar-refractivity contribution in [2.75, 3.05) is 0 Å². The normalized spacial score (nSPS) is 11.4. The Labute approximate surface area is 158 Å². The lowest BCUT2D eigenvalue weighted by atomic mass is 10.1. The van der Waals surface area contributed by atoms with E-state index in [9.17, 15) is 0 Å². The number of nitrogens with zero attached hydrogens (tertiary/aromatic N) is 4. The molecule has 6 heteroatoms. The highest BCUT2D eigenvalue weighted by Crippen LogP contribution is 2.32. The van der Waals surface area contributed by atoms with Crippen molar-refractivity contribution in [2.45, 2.75) is 52.5 Å². The molecule has 4 nitrogen and oxygen atoms in total. The van der Waals surface area contributed by atoms with Crippen LogP contribution in [0.1, 0.15) is 44.9 Å². The summed E-state index contributed by atoms with van der Waals surface area (Å²) in [7, 11) is 0. The lowest BCUT2D eigenvalue weighted by Gasteiger charge is -2.07. The van der Waals surface area contributed by atoms with E-state index in [1.807, 2.05) is 19.1 Å². The average Bonchev–Trinajstić information content (AvgIpc) is 2.91. The number of hydrogen-bond donors (Lipinski definition) is 0. The third kappa shape index (κ3) is 3.96. The number of hydrogen-bond acceptors (Lipinski definition) is 3. The molecule has 25 heavy (non-hydrogen) atoms. The molecule has 2 aromatic heterocycles. The summed E-state index contributed by atoms with van der Waals surface area (Å²) in [5.74, 6) is 0.956. The molecule has 1 aromatic carbocycles. The van der Waals surface area contributed by atoms with Crippen LogP contribution in [-0.2, 0) is 6.54 Å². The molecule has 0 saturated carbocycles. The van der Waals surface area contributed by atoms with Crippen molar-refractivity contribution in [3.05, 3.63) is 40.4 Å². The highest BCUT2D eigenvalue weighted by atomic mass is 35.5. The highest BCUT2D eigenvalue weighted by molar-refractivity contribution is 6.36. The summed E-state index contributed by atoms with van der Waals surface area (Å²) >= 11 is 12.4. The van der Waals surface area contributed by atoms with Crippen molar-refractivity contribution in [2.24, 2.45) is 0 Å². The summed E-state index contributed by atoms with van der Waals surface area (Å²) in [6.45, 7) is 5.17. The van der Waals surface area contributed by atoms with Crippen LogP contribution in [0.25, 0.3) is 22.4 Å². The minimum Gasteiger partial charge on any atom is -0.313 e. The number of halogens is 2. The summed E-state index contributed by atoms with van der Waals surface area (Å²) in [5.41, 5.74) is 3.23. The van der Waals surface area contributed by atoms with Gasteiger partial charge in [0, 0.05) is 17.1 Å². The molecule has 0 fully saturated rings. The average molecular weight is 377 g/mol. The molecule has 132 valence electrons. The van der Waals surface area contributed by atoms with Gasteiger partial charge in [-0.25, -0.2) is 15.0 Å². The van der Waals surface area contributed by atoms with Crippen LogP contribution in [-0.4, -0.2) is 19.5 Å². The summed E-state index contributed by atoms with van der Waals surface area (Å²) in [6, 6.07) is 5.42. The van der Waals surface area contributed by atoms with E-state index in [1.165, 1.54) is 25.7 Å². The summed E-state index contributed by atoms with van der Waals surface area (Å²) < 4.78 is 2.18. The smallest absolute Gasteiger partial charge is 0.164 e. The summed E-state index contributed by atoms with van der Waals surface area (Å²) in [4.78, 5) is 13.6. The zero-order valence-corrected chi connectivity index (χ0v) is 16.1. The molecule has 0 aliphatic rings. The molecule has 0 saturated heterocycles. The predicted molar refractivity (Wildman–Crippen MR) is 104 cm³/mol. The van der Waals surface area contributed by atoms with Gasteiger partial charge in [-0.3, -0.25) is 0 Å². The minimum absolute atomic E-state index is 0.569. The molecule has 0 amide bonds. The second kappa shape index (κ2) is 8.15. The molecule has 0 aliphatic heterocycles. The Morgan fingerprint density at radius 1 is 1.04 bits per heavy atom. The van der Waals surface area contributed by atoms with Crippen molar-refractivity contribution in [1.82, 2.24) is 19.5 Å². The number of aromatic nitrogens is 4. The molecular weight excluding hydrogens is 355 g/mol. The Hall–Kier alpha value is -1.65. The number of imidazole rings is 1. The van der Waals surface area contributed by atoms with E-state index in [2.05, 4.69) is 21.5 Å². The van der Waals surface area contributed by atoms with E-state index in [0.717, 1.165) is 41.2 Å². The Bertz CT molecular complexity index is 873. The fraction of sp³-hybridized carbons (Fsp3) is 0.421. The van der Waals surface area contributed by atoms with Gasteiger partial charge in [-0.2, -0.15) is 0 Å². The van der Waals surface area contributed by atoms with Gasteiger partial charge in [-0.15, -0.1) is 0 Å². The fourth-order valence-electron chi connectivity index (χ4n) is 3.07. The number of fused-ring (bicyclic) bond motifs is 1. The van der Waals surface area contributed by atoms with Crippen LogP contribution < -0.4 is 0 Å². The largest absolute Gasteiger partial charge is 0.313 e. The molecular formula is C19H22Cl2N4. The van der Waals surface area contributed by atoms with E-state index in [1.54, 1.807) is 12.4 Å². The molecule has 3 rings (SSSR count). The number of unbranched alkanes of at least 4 members (excludes halogenated alkanes) is 4. The van der Waals surface area contributed by atoms with E-state index in [4.69, 9.17) is 28.2 Å². The molecule has 0 radical (unpaired) electrons. The van der Waals surface area contributed by atoms with Gasteiger partial charge in [0.05, 0.1) is 5.02 Å². The van der Waals surface area contributed by atoms with Gasteiger partial charge in [0.2, 0.25) is 0 Å². The van der Waals surface area contributed by atoms with Gasteiger partial charge in [0.1, 0.15) is 23.4 Å². The highest BCUT2D eigenvalue weighted by Gasteiger charge is 2.16. The van der Waals surface area contributed by atoms with Gasteiger partial charge in [-0.1, -0.05) is 55.8 Å². The monoisotopic (exact) mass is 376 g/mol. The Balaban J connectivity index is 1.93. The van der Waals surface area contributed by atoms with E-state index in [0.29, 0.717) is 10.0 Å². The van der Waals surface area contributed by atoms with Crippen molar-refractivity contribution in [1.29, 1.82) is 0 Å². The maximum absolute atomic E-state index is 6.36. The van der Waals surface area contributed by atoms with Crippen LogP contribution in [0.3, 0.4) is 0 Å². The number of rotatable bonds is 7. The first-order valence-corrected chi connectivity index (χ1v) is 9.50. The number of benzene rings is 1. The molecule has 0 bridgehead atoms. The standard InChI is InChI=1S/C19H22Cl2N4/c1-3-4-5-6-7-10-25-13(2)24-18-17(22-12-23-19(18)25)15-9-8-14(20)11-16(15)21/h8-9,11-12H,3-7,10H2,1-2H3. The van der Waals surface area contributed by atoms with Gasteiger partial charge >= 0.3 is 0 Å². The SMILES string of the molecule is CCCCCCCn1c(C)nc2c(-c3ccc(Cl)cc3Cl)ncnc21. The third-order valence-corrected chi connectivity index (χ3v) is 4.94. The van der Waals surface area contributed by atoms with Crippen LogP contribution in [0.5, 0.6) is 0 Å². The first-order valence-electron chi connectivity index (χ1n) is 8.75. The van der Waals surface area contributed by atoms with E-state index in [-0.39, 0.29) is 0 Å². The molecule has 2 heterocycles. The first-order chi connectivity index (χ1) is 12.1. The summed E-state index contributed by atoms with van der Waals surface area (Å²) in [5, 5.41) is 1.17. The van der Waals surface area contributed by atoms with Crippen molar-refractivity contribution >= 4 is 34.4 Å². The zero-order valence-electron chi connectivity index (χ0n) is 14.6. The van der Waals surface area contributed by atoms with Gasteiger partial charge in [0.15, 0.2) is 5.65 Å². The van der Waals surface area contributed by atoms with Crippen molar-refractivity contribution < 1.29 is 0 Å². The van der Waals surface area contributed by atoms with Crippen LogP contribution in [0, 0.1) is 6.92 Å². The van der Waals surface area contributed by atoms with E-state index >= 15 is 0 Å². The maximum atomic E-state index is 6.36. The van der Waals surface area contributed by atoms with Gasteiger partial charge < -0.3 is 4.57 Å². The first kappa shape index (κ1) is 18.2. The minimum atomic E-state index is 0.569.